The molecule has 1 unspecified atom stereocenters. The minimum atomic E-state index is -5.05. The van der Waals surface area contributed by atoms with Crippen molar-refractivity contribution in [1.82, 2.24) is 18.5 Å². The summed E-state index contributed by atoms with van der Waals surface area (Å²) in [7, 11) is -9.78. The maximum atomic E-state index is 11.1. The summed E-state index contributed by atoms with van der Waals surface area (Å²) in [6.45, 7) is 5.55. The summed E-state index contributed by atoms with van der Waals surface area (Å²) in [5, 5.41) is 0. The summed E-state index contributed by atoms with van der Waals surface area (Å²) in [5.74, 6) is 0. The zero-order chi connectivity index (χ0) is 15.1. The molecular formula is C10H29N3O7P2. The van der Waals surface area contributed by atoms with E-state index in [0.717, 1.165) is 18.4 Å². The van der Waals surface area contributed by atoms with E-state index in [0.29, 0.717) is 0 Å². The summed E-state index contributed by atoms with van der Waals surface area (Å²) in [5.41, 5.74) is 2.15. The molecule has 12 heteroatoms. The Kier molecular flexibility index (Phi) is 17.6. The van der Waals surface area contributed by atoms with Crippen LogP contribution in [0, 0.1) is 0 Å². The van der Waals surface area contributed by atoms with Crippen molar-refractivity contribution in [3.05, 3.63) is 23.3 Å². The van der Waals surface area contributed by atoms with Gasteiger partial charge in [-0.2, -0.15) is 4.31 Å². The molecule has 0 saturated heterocycles. The number of allylic oxidation sites excluding steroid dienone is 3. The molecule has 0 rings (SSSR count). The zero-order valence-electron chi connectivity index (χ0n) is 13.3. The molecule has 0 saturated carbocycles. The van der Waals surface area contributed by atoms with Gasteiger partial charge in [0.05, 0.1) is 6.61 Å². The van der Waals surface area contributed by atoms with E-state index in [-0.39, 0.29) is 25.1 Å². The maximum absolute atomic E-state index is 11.1. The molecular weight excluding hydrogens is 336 g/mol. The number of phosphoric ester groups is 1. The Labute approximate surface area is 131 Å². The van der Waals surface area contributed by atoms with E-state index < -0.39 is 15.6 Å². The van der Waals surface area contributed by atoms with Crippen LogP contribution in [0.3, 0.4) is 0 Å². The van der Waals surface area contributed by atoms with Crippen molar-refractivity contribution in [1.29, 1.82) is 0 Å². The van der Waals surface area contributed by atoms with Crippen LogP contribution in [0.2, 0.25) is 0 Å². The molecule has 0 radical (unpaired) electrons. The van der Waals surface area contributed by atoms with Gasteiger partial charge < -0.3 is 33.1 Å². The van der Waals surface area contributed by atoms with Gasteiger partial charge in [-0.1, -0.05) is 23.3 Å². The first-order chi connectivity index (χ1) is 8.52. The molecule has 0 aromatic carbocycles. The van der Waals surface area contributed by atoms with Crippen molar-refractivity contribution < 1.29 is 32.6 Å². The lowest BCUT2D eigenvalue weighted by Crippen LogP contribution is -1.94. The van der Waals surface area contributed by atoms with Gasteiger partial charge in [-0.3, -0.25) is 4.52 Å². The maximum Gasteiger partial charge on any atom is 0.481 e. The Morgan fingerprint density at radius 1 is 1.00 bits per heavy atom. The van der Waals surface area contributed by atoms with Crippen molar-refractivity contribution in [2.75, 3.05) is 6.61 Å². The van der Waals surface area contributed by atoms with E-state index in [1.165, 1.54) is 5.57 Å². The fourth-order valence-electron chi connectivity index (χ4n) is 1.12. The highest BCUT2D eigenvalue weighted by molar-refractivity contribution is 7.60. The number of phosphoric acid groups is 2. The van der Waals surface area contributed by atoms with Crippen LogP contribution in [0.1, 0.15) is 33.6 Å². The third-order valence-corrected chi connectivity index (χ3v) is 4.12. The Morgan fingerprint density at radius 2 is 1.50 bits per heavy atom. The minimum absolute atomic E-state index is 0. The molecule has 1 atom stereocenters. The average molecular weight is 365 g/mol. The van der Waals surface area contributed by atoms with Gasteiger partial charge in [-0.15, -0.1) is 0 Å². The summed E-state index contributed by atoms with van der Waals surface area (Å²) >= 11 is 0. The molecule has 0 aliphatic heterocycles. The van der Waals surface area contributed by atoms with Crippen LogP contribution in [0.4, 0.5) is 0 Å². The van der Waals surface area contributed by atoms with E-state index in [4.69, 9.17) is 14.7 Å². The highest BCUT2D eigenvalue weighted by atomic mass is 31.3. The first-order valence-corrected chi connectivity index (χ1v) is 8.57. The molecule has 0 aliphatic carbocycles. The number of hydrogen-bond donors (Lipinski definition) is 6. The summed E-state index contributed by atoms with van der Waals surface area (Å²) in [4.78, 5) is 25.8. The summed E-state index contributed by atoms with van der Waals surface area (Å²) < 4.78 is 29.5. The second-order valence-corrected chi connectivity index (χ2v) is 7.04. The molecule has 10 nitrogen and oxygen atoms in total. The predicted octanol–water partition coefficient (Wildman–Crippen LogP) is 3.39. The third-order valence-electron chi connectivity index (χ3n) is 1.97. The van der Waals surface area contributed by atoms with E-state index in [1.807, 2.05) is 20.8 Å². The monoisotopic (exact) mass is 365 g/mol. The fourth-order valence-corrected chi connectivity index (χ4v) is 2.65. The second-order valence-electron chi connectivity index (χ2n) is 4.21. The lowest BCUT2D eigenvalue weighted by Gasteiger charge is -2.11. The Bertz CT molecular complexity index is 444. The number of hydrogen-bond acceptors (Lipinski definition) is 7. The van der Waals surface area contributed by atoms with E-state index >= 15 is 0 Å². The molecule has 12 N–H and O–H groups in total. The Morgan fingerprint density at radius 3 is 1.91 bits per heavy atom. The Balaban J connectivity index is -0.000000540. The van der Waals surface area contributed by atoms with E-state index in [1.54, 1.807) is 6.08 Å². The van der Waals surface area contributed by atoms with Crippen LogP contribution in [0.5, 0.6) is 0 Å². The SMILES string of the molecule is CC(C)=CCC/C(C)=C\COP(=O)(O)OP(=O)(O)O.N.N.N. The minimum Gasteiger partial charge on any atom is -0.344 e. The van der Waals surface area contributed by atoms with Gasteiger partial charge >= 0.3 is 15.6 Å². The fraction of sp³-hybridized carbons (Fsp3) is 0.600. The molecule has 0 heterocycles. The molecule has 0 spiro atoms. The number of rotatable bonds is 8. The quantitative estimate of drug-likeness (QED) is 0.272. The van der Waals surface area contributed by atoms with Crippen LogP contribution in [0.15, 0.2) is 23.3 Å². The Hall–Kier alpha value is -0.380. The lowest BCUT2D eigenvalue weighted by atomic mass is 10.1. The van der Waals surface area contributed by atoms with Crippen molar-refractivity contribution in [2.24, 2.45) is 0 Å². The van der Waals surface area contributed by atoms with Crippen LogP contribution in [-0.4, -0.2) is 21.3 Å². The van der Waals surface area contributed by atoms with Crippen molar-refractivity contribution in [3.63, 3.8) is 0 Å². The van der Waals surface area contributed by atoms with E-state index in [9.17, 15) is 9.13 Å². The van der Waals surface area contributed by atoms with Crippen LogP contribution >= 0.6 is 15.6 Å². The first kappa shape index (κ1) is 29.6. The molecule has 0 bridgehead atoms. The van der Waals surface area contributed by atoms with Crippen molar-refractivity contribution >= 4 is 15.6 Å². The molecule has 22 heavy (non-hydrogen) atoms. The zero-order valence-corrected chi connectivity index (χ0v) is 15.1. The predicted molar refractivity (Wildman–Crippen MR) is 86.4 cm³/mol. The highest BCUT2D eigenvalue weighted by Crippen LogP contribution is 2.57. The smallest absolute Gasteiger partial charge is 0.344 e. The van der Waals surface area contributed by atoms with Gasteiger partial charge in [0.1, 0.15) is 0 Å². The summed E-state index contributed by atoms with van der Waals surface area (Å²) in [6.07, 6.45) is 5.24. The van der Waals surface area contributed by atoms with Gasteiger partial charge in [-0.05, 0) is 33.6 Å². The molecule has 0 aromatic rings. The van der Waals surface area contributed by atoms with Crippen LogP contribution < -0.4 is 18.5 Å². The molecule has 0 aliphatic rings. The normalized spacial score (nSPS) is 13.8. The van der Waals surface area contributed by atoms with Crippen molar-refractivity contribution in [2.45, 2.75) is 33.6 Å². The molecule has 136 valence electrons. The largest absolute Gasteiger partial charge is 0.481 e. The van der Waals surface area contributed by atoms with Gasteiger partial charge in [-0.25, -0.2) is 9.13 Å². The summed E-state index contributed by atoms with van der Waals surface area (Å²) in [6, 6.07) is 0. The highest BCUT2D eigenvalue weighted by Gasteiger charge is 2.31. The second kappa shape index (κ2) is 13.1. The van der Waals surface area contributed by atoms with Crippen molar-refractivity contribution in [3.8, 4) is 0 Å². The topological polar surface area (TPSA) is 218 Å². The first-order valence-electron chi connectivity index (χ1n) is 5.55. The molecule has 0 amide bonds. The average Bonchev–Trinajstić information content (AvgIpc) is 2.12. The third kappa shape index (κ3) is 19.6. The van der Waals surface area contributed by atoms with Gasteiger partial charge in [0.15, 0.2) is 0 Å². The lowest BCUT2D eigenvalue weighted by molar-refractivity contribution is 0.191. The van der Waals surface area contributed by atoms with Gasteiger partial charge in [0.2, 0.25) is 0 Å². The van der Waals surface area contributed by atoms with E-state index in [2.05, 4.69) is 14.9 Å². The van der Waals surface area contributed by atoms with Gasteiger partial charge in [0.25, 0.3) is 0 Å². The molecule has 0 aromatic heterocycles. The standard InChI is InChI=1S/C10H20O7P2.3H3N/c1-9(2)5-4-6-10(3)7-8-16-19(14,15)17-18(11,12)13;;;/h5,7H,4,6,8H2,1-3H3,(H,14,15)(H2,11,12,13);3*1H3/b10-7-;;;. The van der Waals surface area contributed by atoms with Crippen LogP contribution in [-0.2, 0) is 18.0 Å². The van der Waals surface area contributed by atoms with Gasteiger partial charge in [0, 0.05) is 0 Å². The van der Waals surface area contributed by atoms with Crippen LogP contribution in [0.25, 0.3) is 0 Å². The molecule has 0 fully saturated rings.